The fraction of sp³-hybridized carbons (Fsp3) is 0.345. The minimum Gasteiger partial charge on any atom is -0.478 e. The first kappa shape index (κ1) is 26.9. The maximum Gasteiger partial charge on any atom is 0.337 e. The third-order valence-corrected chi connectivity index (χ3v) is 6.82. The van der Waals surface area contributed by atoms with E-state index in [-0.39, 0.29) is 5.56 Å². The lowest BCUT2D eigenvalue weighted by molar-refractivity contribution is 0.0698. The maximum absolute atomic E-state index is 12.1. The third kappa shape index (κ3) is 7.91. The van der Waals surface area contributed by atoms with Crippen molar-refractivity contribution in [1.82, 2.24) is 0 Å². The van der Waals surface area contributed by atoms with Crippen LogP contribution >= 0.6 is 23.2 Å². The minimum atomic E-state index is -0.932. The average Bonchev–Trinajstić information content (AvgIpc) is 2.86. The van der Waals surface area contributed by atoms with E-state index in [0.29, 0.717) is 15.7 Å². The molecule has 3 rings (SSSR count). The van der Waals surface area contributed by atoms with Crippen molar-refractivity contribution in [2.45, 2.75) is 52.4 Å². The zero-order valence-corrected chi connectivity index (χ0v) is 22.0. The lowest BCUT2D eigenvalue weighted by Crippen LogP contribution is -2.26. The minimum absolute atomic E-state index is 0.282. The summed E-state index contributed by atoms with van der Waals surface area (Å²) < 4.78 is 0. The third-order valence-electron chi connectivity index (χ3n) is 6.08. The highest BCUT2D eigenvalue weighted by molar-refractivity contribution is 6.42. The number of unbranched alkanes of at least 4 members (excludes halogenated alkanes) is 2. The summed E-state index contributed by atoms with van der Waals surface area (Å²) >= 11 is 12.1. The lowest BCUT2D eigenvalue weighted by atomic mass is 10.0. The molecule has 0 bridgehead atoms. The van der Waals surface area contributed by atoms with Gasteiger partial charge in [0, 0.05) is 24.5 Å². The van der Waals surface area contributed by atoms with E-state index in [1.54, 1.807) is 6.07 Å². The molecular weight excluding hydrogens is 479 g/mol. The number of anilines is 3. The molecule has 186 valence electrons. The number of carboxylic acids is 1. The van der Waals surface area contributed by atoms with E-state index in [9.17, 15) is 9.90 Å². The molecule has 35 heavy (non-hydrogen) atoms. The highest BCUT2D eigenvalue weighted by atomic mass is 35.5. The molecule has 0 radical (unpaired) electrons. The van der Waals surface area contributed by atoms with Crippen LogP contribution in [-0.2, 0) is 12.8 Å². The second-order valence-electron chi connectivity index (χ2n) is 8.80. The Morgan fingerprint density at radius 3 is 2.06 bits per heavy atom. The van der Waals surface area contributed by atoms with Crippen LogP contribution in [0.5, 0.6) is 0 Å². The number of hydrogen-bond donors (Lipinski definition) is 2. The number of nitrogens with zero attached hydrogens (tertiary/aromatic N) is 1. The maximum atomic E-state index is 12.1. The van der Waals surface area contributed by atoms with Crippen molar-refractivity contribution < 1.29 is 9.90 Å². The molecule has 0 saturated carbocycles. The fourth-order valence-electron chi connectivity index (χ4n) is 3.98. The molecule has 6 heteroatoms. The van der Waals surface area contributed by atoms with E-state index in [4.69, 9.17) is 23.2 Å². The van der Waals surface area contributed by atoms with Gasteiger partial charge in [0.05, 0.1) is 21.3 Å². The molecule has 0 unspecified atom stereocenters. The molecule has 0 aliphatic carbocycles. The largest absolute Gasteiger partial charge is 0.478 e. The van der Waals surface area contributed by atoms with E-state index in [1.807, 2.05) is 42.5 Å². The summed E-state index contributed by atoms with van der Waals surface area (Å²) in [5.74, 6) is -0.932. The number of halogens is 2. The molecule has 4 nitrogen and oxygen atoms in total. The molecule has 0 saturated heterocycles. The fourth-order valence-corrected chi connectivity index (χ4v) is 4.30. The first-order valence-electron chi connectivity index (χ1n) is 12.3. The quantitative estimate of drug-likeness (QED) is 0.240. The standard InChI is InChI=1S/C29H34Cl2N2O2/c1-3-5-17-33(18-6-4-2)24-14-16-28(25(20-24)29(34)35)32-23-12-9-21(10-13-23)7-8-22-11-15-26(30)27(31)19-22/h9-16,19-20,32H,3-8,17-18H2,1-2H3,(H,34,35). The zero-order chi connectivity index (χ0) is 25.2. The van der Waals surface area contributed by atoms with Crippen molar-refractivity contribution >= 4 is 46.2 Å². The van der Waals surface area contributed by atoms with Crippen molar-refractivity contribution in [2.75, 3.05) is 23.3 Å². The van der Waals surface area contributed by atoms with Crippen LogP contribution in [0.1, 0.15) is 61.0 Å². The van der Waals surface area contributed by atoms with E-state index >= 15 is 0 Å². The molecule has 3 aromatic carbocycles. The van der Waals surface area contributed by atoms with Gasteiger partial charge in [-0.25, -0.2) is 4.79 Å². The van der Waals surface area contributed by atoms with Crippen molar-refractivity contribution in [3.63, 3.8) is 0 Å². The Hall–Kier alpha value is -2.69. The van der Waals surface area contributed by atoms with Crippen LogP contribution in [0.15, 0.2) is 60.7 Å². The number of hydrogen-bond acceptors (Lipinski definition) is 3. The Kier molecular flexibility index (Phi) is 10.3. The summed E-state index contributed by atoms with van der Waals surface area (Å²) in [7, 11) is 0. The van der Waals surface area contributed by atoms with Crippen LogP contribution in [0.25, 0.3) is 0 Å². The van der Waals surface area contributed by atoms with Gasteiger partial charge < -0.3 is 15.3 Å². The zero-order valence-electron chi connectivity index (χ0n) is 20.5. The number of aryl methyl sites for hydroxylation is 2. The molecule has 0 aromatic heterocycles. The van der Waals surface area contributed by atoms with Gasteiger partial charge in [-0.1, -0.05) is 68.1 Å². The Bertz CT molecular complexity index is 1110. The summed E-state index contributed by atoms with van der Waals surface area (Å²) in [5.41, 5.74) is 5.03. The Morgan fingerprint density at radius 2 is 1.46 bits per heavy atom. The number of benzene rings is 3. The highest BCUT2D eigenvalue weighted by Crippen LogP contribution is 2.28. The Morgan fingerprint density at radius 1 is 0.829 bits per heavy atom. The van der Waals surface area contributed by atoms with Crippen molar-refractivity contribution in [1.29, 1.82) is 0 Å². The summed E-state index contributed by atoms with van der Waals surface area (Å²) in [4.78, 5) is 14.4. The van der Waals surface area contributed by atoms with Gasteiger partial charge in [-0.15, -0.1) is 0 Å². The summed E-state index contributed by atoms with van der Waals surface area (Å²) in [6.07, 6.45) is 6.13. The molecule has 0 atom stereocenters. The first-order chi connectivity index (χ1) is 16.9. The molecule has 0 aliphatic heterocycles. The number of carboxylic acid groups (broad SMARTS) is 1. The van der Waals surface area contributed by atoms with Gasteiger partial charge in [0.25, 0.3) is 0 Å². The number of nitrogens with one attached hydrogen (secondary N) is 1. The van der Waals surface area contributed by atoms with Crippen molar-refractivity contribution in [3.8, 4) is 0 Å². The molecule has 3 aromatic rings. The molecule has 0 amide bonds. The monoisotopic (exact) mass is 512 g/mol. The van der Waals surface area contributed by atoms with E-state index in [2.05, 4.69) is 36.2 Å². The summed E-state index contributed by atoms with van der Waals surface area (Å²) in [5, 5.41) is 14.3. The SMILES string of the molecule is CCCCN(CCCC)c1ccc(Nc2ccc(CCc3ccc(Cl)c(Cl)c3)cc2)c(C(=O)O)c1. The summed E-state index contributed by atoms with van der Waals surface area (Å²) in [6, 6.07) is 19.5. The van der Waals surface area contributed by atoms with Gasteiger partial charge in [-0.05, 0) is 79.3 Å². The average molecular weight is 514 g/mol. The summed E-state index contributed by atoms with van der Waals surface area (Å²) in [6.45, 7) is 6.22. The second-order valence-corrected chi connectivity index (χ2v) is 9.61. The van der Waals surface area contributed by atoms with Gasteiger partial charge in [0.2, 0.25) is 0 Å². The number of rotatable bonds is 13. The molecule has 0 fully saturated rings. The molecule has 0 aliphatic rings. The van der Waals surface area contributed by atoms with E-state index < -0.39 is 5.97 Å². The van der Waals surface area contributed by atoms with Crippen LogP contribution < -0.4 is 10.2 Å². The molecular formula is C29H34Cl2N2O2. The van der Waals surface area contributed by atoms with Crippen LogP contribution in [0.2, 0.25) is 10.0 Å². The highest BCUT2D eigenvalue weighted by Gasteiger charge is 2.15. The normalized spacial score (nSPS) is 10.9. The molecule has 2 N–H and O–H groups in total. The second kappa shape index (κ2) is 13.4. The topological polar surface area (TPSA) is 52.6 Å². The van der Waals surface area contributed by atoms with E-state index in [0.717, 1.165) is 68.6 Å². The predicted octanol–water partition coefficient (Wildman–Crippen LogP) is 8.63. The Balaban J connectivity index is 1.70. The van der Waals surface area contributed by atoms with Gasteiger partial charge >= 0.3 is 5.97 Å². The van der Waals surface area contributed by atoms with Crippen LogP contribution in [0, 0.1) is 0 Å². The number of aromatic carboxylic acids is 1. The van der Waals surface area contributed by atoms with Crippen LogP contribution in [-0.4, -0.2) is 24.2 Å². The molecule has 0 spiro atoms. The molecule has 0 heterocycles. The van der Waals surface area contributed by atoms with E-state index in [1.165, 1.54) is 5.56 Å². The van der Waals surface area contributed by atoms with Gasteiger partial charge in [-0.3, -0.25) is 0 Å². The van der Waals surface area contributed by atoms with Gasteiger partial charge in [0.1, 0.15) is 0 Å². The smallest absolute Gasteiger partial charge is 0.337 e. The van der Waals surface area contributed by atoms with Crippen molar-refractivity contribution in [3.05, 3.63) is 87.4 Å². The predicted molar refractivity (Wildman–Crippen MR) is 149 cm³/mol. The van der Waals surface area contributed by atoms with Gasteiger partial charge in [-0.2, -0.15) is 0 Å². The lowest BCUT2D eigenvalue weighted by Gasteiger charge is -2.25. The van der Waals surface area contributed by atoms with Crippen LogP contribution in [0.3, 0.4) is 0 Å². The number of carbonyl (C=O) groups is 1. The van der Waals surface area contributed by atoms with Crippen LogP contribution in [0.4, 0.5) is 17.1 Å². The van der Waals surface area contributed by atoms with Gasteiger partial charge in [0.15, 0.2) is 0 Å². The Labute approximate surface area is 218 Å². The first-order valence-corrected chi connectivity index (χ1v) is 13.1. The van der Waals surface area contributed by atoms with Crippen molar-refractivity contribution in [2.24, 2.45) is 0 Å².